The first-order valence-corrected chi connectivity index (χ1v) is 20.2. The van der Waals surface area contributed by atoms with Crippen LogP contribution in [-0.4, -0.2) is 0 Å². The summed E-state index contributed by atoms with van der Waals surface area (Å²) in [4.78, 5) is 0. The molecule has 0 nitrogen and oxygen atoms in total. The van der Waals surface area contributed by atoms with E-state index in [2.05, 4.69) is 20.3 Å². The lowest BCUT2D eigenvalue weighted by atomic mass is 10.0. The van der Waals surface area contributed by atoms with Crippen molar-refractivity contribution in [3.8, 4) is 0 Å². The lowest BCUT2D eigenvalue weighted by Crippen LogP contribution is -1.85. The predicted molar refractivity (Wildman–Crippen MR) is 191 cm³/mol. The van der Waals surface area contributed by atoms with Crippen LogP contribution in [0.3, 0.4) is 0 Å². The Morgan fingerprint density at radius 3 is 0.512 bits per heavy atom. The van der Waals surface area contributed by atoms with Crippen LogP contribution >= 0.6 is 0 Å². The molecule has 1 radical (unpaired) electrons. The van der Waals surface area contributed by atoms with Gasteiger partial charge in [0.25, 0.3) is 0 Å². The van der Waals surface area contributed by atoms with Gasteiger partial charge in [-0.1, -0.05) is 258 Å². The van der Waals surface area contributed by atoms with Crippen LogP contribution in [0, 0.1) is 6.42 Å². The van der Waals surface area contributed by atoms with Gasteiger partial charge in [0.15, 0.2) is 0 Å². The van der Waals surface area contributed by atoms with Crippen molar-refractivity contribution in [1.29, 1.82) is 0 Å². The van der Waals surface area contributed by atoms with Crippen molar-refractivity contribution in [2.24, 2.45) is 0 Å². The fourth-order valence-electron chi connectivity index (χ4n) is 6.52. The molecule has 0 aliphatic carbocycles. The van der Waals surface area contributed by atoms with Crippen LogP contribution in [0.15, 0.2) is 0 Å². The van der Waals surface area contributed by atoms with E-state index < -0.39 is 0 Å². The standard InChI is InChI=1S/C41H83/c1-3-5-7-9-11-13-15-17-19-21-23-25-27-29-31-33-35-37-39-41-40-38-36-34-32-30-28-26-24-22-20-18-16-14-12-10-8-6-4-2/h35H,3-34,36-41H2,1-2H3. The molecule has 0 heteroatoms. The highest BCUT2D eigenvalue weighted by Crippen LogP contribution is 2.17. The topological polar surface area (TPSA) is 0 Å². The highest BCUT2D eigenvalue weighted by Gasteiger charge is 1.97. The van der Waals surface area contributed by atoms with E-state index >= 15 is 0 Å². The highest BCUT2D eigenvalue weighted by molar-refractivity contribution is 4.65. The van der Waals surface area contributed by atoms with Gasteiger partial charge in [-0.3, -0.25) is 0 Å². The molecule has 0 atom stereocenters. The molecule has 0 rings (SSSR count). The zero-order valence-electron chi connectivity index (χ0n) is 29.4. The Morgan fingerprint density at radius 1 is 0.195 bits per heavy atom. The largest absolute Gasteiger partial charge is 0.0654 e. The molecule has 0 aromatic carbocycles. The third kappa shape index (κ3) is 40.0. The number of hydrogen-bond acceptors (Lipinski definition) is 0. The van der Waals surface area contributed by atoms with Gasteiger partial charge >= 0.3 is 0 Å². The van der Waals surface area contributed by atoms with Gasteiger partial charge in [0, 0.05) is 0 Å². The molecule has 247 valence electrons. The number of rotatable bonds is 38. The summed E-state index contributed by atoms with van der Waals surface area (Å²) in [6, 6.07) is 0. The second-order valence-corrected chi connectivity index (χ2v) is 13.9. The van der Waals surface area contributed by atoms with Crippen LogP contribution in [0.2, 0.25) is 0 Å². The molecule has 0 spiro atoms. The first kappa shape index (κ1) is 41.0. The molecule has 0 aliphatic rings. The van der Waals surface area contributed by atoms with Crippen molar-refractivity contribution in [2.75, 3.05) is 0 Å². The quantitative estimate of drug-likeness (QED) is 0.0642. The fraction of sp³-hybridized carbons (Fsp3) is 0.976. The molecule has 0 saturated carbocycles. The average molecular weight is 576 g/mol. The Balaban J connectivity index is 3.02. The van der Waals surface area contributed by atoms with E-state index in [-0.39, 0.29) is 0 Å². The SMILES string of the molecule is CCCCCCCCCCCCCCCCC[CH]CCCCCCCCCCCCCCCCCCCCCCC. The zero-order chi connectivity index (χ0) is 29.6. The Kier molecular flexibility index (Phi) is 40.0. The molecular weight excluding hydrogens is 492 g/mol. The second kappa shape index (κ2) is 40.0. The van der Waals surface area contributed by atoms with Gasteiger partial charge in [-0.25, -0.2) is 0 Å². The van der Waals surface area contributed by atoms with Crippen LogP contribution in [0.1, 0.15) is 258 Å². The third-order valence-corrected chi connectivity index (χ3v) is 9.52. The molecule has 0 fully saturated rings. The van der Waals surface area contributed by atoms with Gasteiger partial charge < -0.3 is 0 Å². The summed E-state index contributed by atoms with van der Waals surface area (Å²) < 4.78 is 0. The van der Waals surface area contributed by atoms with E-state index in [0.29, 0.717) is 0 Å². The maximum Gasteiger partial charge on any atom is -0.0386 e. The summed E-state index contributed by atoms with van der Waals surface area (Å²) in [6.07, 6.45) is 58.4. The summed E-state index contributed by atoms with van der Waals surface area (Å²) >= 11 is 0. The molecular formula is C41H83. The third-order valence-electron chi connectivity index (χ3n) is 9.52. The van der Waals surface area contributed by atoms with E-state index in [4.69, 9.17) is 0 Å². The monoisotopic (exact) mass is 576 g/mol. The summed E-state index contributed by atoms with van der Waals surface area (Å²) in [6.45, 7) is 4.62. The molecule has 0 amide bonds. The van der Waals surface area contributed by atoms with Crippen molar-refractivity contribution < 1.29 is 0 Å². The van der Waals surface area contributed by atoms with E-state index in [0.717, 1.165) is 0 Å². The molecule has 0 heterocycles. The van der Waals surface area contributed by atoms with Gasteiger partial charge in [0.05, 0.1) is 0 Å². The predicted octanol–water partition coefficient (Wildman–Crippen LogP) is 16.1. The van der Waals surface area contributed by atoms with E-state index in [1.54, 1.807) is 0 Å². The van der Waals surface area contributed by atoms with Crippen molar-refractivity contribution in [3.05, 3.63) is 6.42 Å². The summed E-state index contributed by atoms with van der Waals surface area (Å²) in [5.41, 5.74) is 0. The first-order chi connectivity index (χ1) is 20.4. The summed E-state index contributed by atoms with van der Waals surface area (Å²) in [7, 11) is 0. The minimum atomic E-state index is 1.37. The Morgan fingerprint density at radius 2 is 0.341 bits per heavy atom. The van der Waals surface area contributed by atoms with E-state index in [1.165, 1.54) is 244 Å². The van der Waals surface area contributed by atoms with Gasteiger partial charge in [-0.15, -0.1) is 0 Å². The van der Waals surface area contributed by atoms with Crippen molar-refractivity contribution in [3.63, 3.8) is 0 Å². The number of unbranched alkanes of at least 4 members (excludes halogenated alkanes) is 38. The Hall–Kier alpha value is 0. The first-order valence-electron chi connectivity index (χ1n) is 20.2. The van der Waals surface area contributed by atoms with Crippen LogP contribution in [0.5, 0.6) is 0 Å². The molecule has 0 bridgehead atoms. The van der Waals surface area contributed by atoms with Crippen LogP contribution in [-0.2, 0) is 0 Å². The van der Waals surface area contributed by atoms with Crippen LogP contribution in [0.4, 0.5) is 0 Å². The normalized spacial score (nSPS) is 11.6. The fourth-order valence-corrected chi connectivity index (χ4v) is 6.52. The van der Waals surface area contributed by atoms with Crippen LogP contribution in [0.25, 0.3) is 0 Å². The molecule has 0 unspecified atom stereocenters. The summed E-state index contributed by atoms with van der Waals surface area (Å²) in [5, 5.41) is 0. The molecule has 41 heavy (non-hydrogen) atoms. The molecule has 0 aromatic rings. The van der Waals surface area contributed by atoms with Crippen molar-refractivity contribution in [1.82, 2.24) is 0 Å². The maximum absolute atomic E-state index is 2.60. The van der Waals surface area contributed by atoms with Gasteiger partial charge in [0.2, 0.25) is 0 Å². The molecule has 0 aliphatic heterocycles. The van der Waals surface area contributed by atoms with Crippen LogP contribution < -0.4 is 0 Å². The van der Waals surface area contributed by atoms with Gasteiger partial charge in [-0.2, -0.15) is 0 Å². The van der Waals surface area contributed by atoms with Crippen molar-refractivity contribution in [2.45, 2.75) is 258 Å². The summed E-state index contributed by atoms with van der Waals surface area (Å²) in [5.74, 6) is 0. The Bertz CT molecular complexity index is 374. The molecule has 0 saturated heterocycles. The zero-order valence-corrected chi connectivity index (χ0v) is 29.4. The number of hydrogen-bond donors (Lipinski definition) is 0. The average Bonchev–Trinajstić information content (AvgIpc) is 2.98. The Labute approximate surface area is 263 Å². The minimum absolute atomic E-state index is 1.37. The maximum atomic E-state index is 2.60. The highest BCUT2D eigenvalue weighted by atomic mass is 14.0. The van der Waals surface area contributed by atoms with Gasteiger partial charge in [0.1, 0.15) is 0 Å². The van der Waals surface area contributed by atoms with Gasteiger partial charge in [-0.05, 0) is 6.42 Å². The lowest BCUT2D eigenvalue weighted by Gasteiger charge is -2.05. The minimum Gasteiger partial charge on any atom is -0.0654 e. The molecule has 0 aromatic heterocycles. The van der Waals surface area contributed by atoms with E-state index in [9.17, 15) is 0 Å². The van der Waals surface area contributed by atoms with Crippen molar-refractivity contribution >= 4 is 0 Å². The molecule has 0 N–H and O–H groups in total. The second-order valence-electron chi connectivity index (χ2n) is 13.9. The lowest BCUT2D eigenvalue weighted by molar-refractivity contribution is 0.519. The smallest absolute Gasteiger partial charge is 0.0386 e. The van der Waals surface area contributed by atoms with E-state index in [1.807, 2.05) is 0 Å².